The Bertz CT molecular complexity index is 58.0. The average Bonchev–Trinajstić information content (AvgIpc) is 1.65. The van der Waals surface area contributed by atoms with E-state index in [1.54, 1.807) is 0 Å². The molecule has 0 bridgehead atoms. The van der Waals surface area contributed by atoms with Crippen molar-refractivity contribution in [3.63, 3.8) is 0 Å². The molecule has 0 N–H and O–H groups in total. The van der Waals surface area contributed by atoms with E-state index in [2.05, 4.69) is 0 Å². The van der Waals surface area contributed by atoms with E-state index in [0.29, 0.717) is 12.6 Å². The van der Waals surface area contributed by atoms with Gasteiger partial charge in [-0.3, -0.25) is 0 Å². The Morgan fingerprint density at radius 2 is 1.57 bits per heavy atom. The molecule has 0 rings (SSSR count). The van der Waals surface area contributed by atoms with Crippen LogP contribution in [0.1, 0.15) is 0 Å². The van der Waals surface area contributed by atoms with Crippen molar-refractivity contribution in [1.29, 1.82) is 0 Å². The van der Waals surface area contributed by atoms with Crippen LogP contribution in [0.3, 0.4) is 0 Å². The fourth-order valence-corrected chi connectivity index (χ4v) is 0.0321. The van der Waals surface area contributed by atoms with Crippen LogP contribution in [0.5, 0.6) is 0 Å². The number of aldehydes is 2. The standard InChI is InChI=1S/C3H3ClO2.Na.H/c4-3(1-5)2-6;;/h1-3H;;. The molecule has 0 unspecified atom stereocenters. The van der Waals surface area contributed by atoms with Crippen LogP contribution < -0.4 is 0 Å². The molecule has 7 heavy (non-hydrogen) atoms. The molecule has 0 aromatic heterocycles. The van der Waals surface area contributed by atoms with Gasteiger partial charge in [0, 0.05) is 0 Å². The van der Waals surface area contributed by atoms with Gasteiger partial charge in [0.15, 0.2) is 0 Å². The number of carbonyl (C=O) groups is 2. The van der Waals surface area contributed by atoms with E-state index >= 15 is 0 Å². The Hall–Kier alpha value is 0.630. The summed E-state index contributed by atoms with van der Waals surface area (Å²) in [5.41, 5.74) is 0. The summed E-state index contributed by atoms with van der Waals surface area (Å²) in [6.07, 6.45) is 0.739. The number of alkyl halides is 1. The molecule has 0 aromatic rings. The van der Waals surface area contributed by atoms with Gasteiger partial charge in [-0.15, -0.1) is 11.6 Å². The third kappa shape index (κ3) is 6.63. The van der Waals surface area contributed by atoms with Crippen molar-refractivity contribution >= 4 is 53.7 Å². The maximum atomic E-state index is 9.37. The van der Waals surface area contributed by atoms with Gasteiger partial charge in [0.25, 0.3) is 0 Å². The van der Waals surface area contributed by atoms with Gasteiger partial charge < -0.3 is 9.59 Å². The molecule has 0 aliphatic carbocycles. The molecule has 0 aliphatic heterocycles. The molecule has 0 aromatic carbocycles. The summed E-state index contributed by atoms with van der Waals surface area (Å²) in [6.45, 7) is 0. The molecule has 0 radical (unpaired) electrons. The van der Waals surface area contributed by atoms with E-state index in [1.165, 1.54) is 0 Å². The number of hydrogen-bond acceptors (Lipinski definition) is 2. The fourth-order valence-electron chi connectivity index (χ4n) is 0.0321. The second kappa shape index (κ2) is 6.63. The molecule has 0 atom stereocenters. The van der Waals surface area contributed by atoms with Crippen molar-refractivity contribution < 1.29 is 9.59 Å². The van der Waals surface area contributed by atoms with Gasteiger partial charge in [0.05, 0.1) is 0 Å². The quantitative estimate of drug-likeness (QED) is 0.215. The van der Waals surface area contributed by atoms with E-state index in [0.717, 1.165) is 0 Å². The van der Waals surface area contributed by atoms with E-state index < -0.39 is 5.38 Å². The topological polar surface area (TPSA) is 34.1 Å². The Labute approximate surface area is 68.5 Å². The summed E-state index contributed by atoms with van der Waals surface area (Å²) in [5, 5.41) is -0.954. The van der Waals surface area contributed by atoms with Gasteiger partial charge in [0.2, 0.25) is 0 Å². The maximum absolute atomic E-state index is 9.37. The molecular weight excluding hydrogens is 126 g/mol. The Morgan fingerprint density at radius 3 is 1.57 bits per heavy atom. The van der Waals surface area contributed by atoms with Crippen LogP contribution >= 0.6 is 11.6 Å². The molecule has 0 fully saturated rings. The summed E-state index contributed by atoms with van der Waals surface area (Å²) in [4.78, 5) is 18.7. The minimum atomic E-state index is -0.954. The van der Waals surface area contributed by atoms with Gasteiger partial charge in [-0.2, -0.15) is 0 Å². The number of halogens is 1. The molecule has 0 spiro atoms. The van der Waals surface area contributed by atoms with Crippen molar-refractivity contribution in [2.45, 2.75) is 5.38 Å². The van der Waals surface area contributed by atoms with Crippen LogP contribution in [0.2, 0.25) is 0 Å². The zero-order valence-corrected chi connectivity index (χ0v) is 3.68. The summed E-state index contributed by atoms with van der Waals surface area (Å²) in [7, 11) is 0. The molecule has 36 valence electrons. The SMILES string of the molecule is O=CC(Cl)C=O.[NaH]. The van der Waals surface area contributed by atoms with Crippen molar-refractivity contribution in [3.05, 3.63) is 0 Å². The zero-order chi connectivity index (χ0) is 4.99. The predicted molar refractivity (Wildman–Crippen MR) is 28.9 cm³/mol. The number of carbonyl (C=O) groups excluding carboxylic acids is 2. The summed E-state index contributed by atoms with van der Waals surface area (Å²) in [6, 6.07) is 0. The van der Waals surface area contributed by atoms with Gasteiger partial charge in [0.1, 0.15) is 17.9 Å². The monoisotopic (exact) mass is 130 g/mol. The normalized spacial score (nSPS) is 7.14. The van der Waals surface area contributed by atoms with E-state index in [1.807, 2.05) is 0 Å². The van der Waals surface area contributed by atoms with Crippen LogP contribution in [-0.4, -0.2) is 47.5 Å². The second-order valence-corrected chi connectivity index (χ2v) is 1.22. The molecule has 0 saturated heterocycles. The first-order valence-corrected chi connectivity index (χ1v) is 1.79. The summed E-state index contributed by atoms with van der Waals surface area (Å²) >= 11 is 4.91. The zero-order valence-electron chi connectivity index (χ0n) is 2.93. The van der Waals surface area contributed by atoms with E-state index in [9.17, 15) is 9.59 Å². The van der Waals surface area contributed by atoms with Gasteiger partial charge in [-0.1, -0.05) is 0 Å². The van der Waals surface area contributed by atoms with Crippen LogP contribution in [0, 0.1) is 0 Å². The average molecular weight is 131 g/mol. The Morgan fingerprint density at radius 1 is 1.29 bits per heavy atom. The second-order valence-electron chi connectivity index (χ2n) is 0.717. The first-order valence-electron chi connectivity index (χ1n) is 1.36. The molecule has 0 aliphatic rings. The Balaban J connectivity index is 0. The third-order valence-electron chi connectivity index (χ3n) is 0.260. The van der Waals surface area contributed by atoms with Crippen LogP contribution in [0.25, 0.3) is 0 Å². The van der Waals surface area contributed by atoms with E-state index in [4.69, 9.17) is 11.6 Å². The first-order chi connectivity index (χ1) is 2.81. The van der Waals surface area contributed by atoms with Crippen molar-refractivity contribution in [2.24, 2.45) is 0 Å². The number of rotatable bonds is 2. The van der Waals surface area contributed by atoms with Crippen LogP contribution in [0.4, 0.5) is 0 Å². The predicted octanol–water partition coefficient (Wildman–Crippen LogP) is -0.657. The van der Waals surface area contributed by atoms with E-state index in [-0.39, 0.29) is 29.6 Å². The van der Waals surface area contributed by atoms with Crippen molar-refractivity contribution in [3.8, 4) is 0 Å². The molecular formula is C3H4ClNaO2. The number of hydrogen-bond donors (Lipinski definition) is 0. The molecule has 4 heteroatoms. The Kier molecular flexibility index (Phi) is 10.0. The first kappa shape index (κ1) is 10.6. The fraction of sp³-hybridized carbons (Fsp3) is 0.333. The van der Waals surface area contributed by atoms with Crippen LogP contribution in [0.15, 0.2) is 0 Å². The van der Waals surface area contributed by atoms with Crippen molar-refractivity contribution in [1.82, 2.24) is 0 Å². The molecule has 0 saturated carbocycles. The van der Waals surface area contributed by atoms with Gasteiger partial charge >= 0.3 is 29.6 Å². The summed E-state index contributed by atoms with van der Waals surface area (Å²) < 4.78 is 0. The third-order valence-corrected chi connectivity index (χ3v) is 0.466. The van der Waals surface area contributed by atoms with Crippen molar-refractivity contribution in [2.75, 3.05) is 0 Å². The van der Waals surface area contributed by atoms with Crippen LogP contribution in [-0.2, 0) is 9.59 Å². The molecule has 0 heterocycles. The molecule has 0 amide bonds. The van der Waals surface area contributed by atoms with Gasteiger partial charge in [-0.05, 0) is 0 Å². The molecule has 2 nitrogen and oxygen atoms in total. The van der Waals surface area contributed by atoms with Gasteiger partial charge in [-0.25, -0.2) is 0 Å². The summed E-state index contributed by atoms with van der Waals surface area (Å²) in [5.74, 6) is 0. The minimum absolute atomic E-state index is 0.